The van der Waals surface area contributed by atoms with Gasteiger partial charge in [0.05, 0.1) is 13.7 Å². The van der Waals surface area contributed by atoms with E-state index in [2.05, 4.69) is 5.32 Å². The SMILES string of the molecule is COc1ccc(/C(C)=C/C(=O)Nc2ccc(N3CCOC3=O)cc2)cc1. The van der Waals surface area contributed by atoms with Crippen molar-refractivity contribution >= 4 is 28.9 Å². The van der Waals surface area contributed by atoms with E-state index in [1.165, 1.54) is 0 Å². The molecule has 6 heteroatoms. The van der Waals surface area contributed by atoms with E-state index >= 15 is 0 Å². The van der Waals surface area contributed by atoms with E-state index in [4.69, 9.17) is 9.47 Å². The number of carbonyl (C=O) groups excluding carboxylic acids is 2. The molecular formula is C20H20N2O4. The van der Waals surface area contributed by atoms with Crippen LogP contribution in [-0.4, -0.2) is 32.3 Å². The number of carbonyl (C=O) groups is 2. The molecule has 1 aliphatic rings. The van der Waals surface area contributed by atoms with Gasteiger partial charge in [0.1, 0.15) is 12.4 Å². The van der Waals surface area contributed by atoms with Crippen LogP contribution in [0.3, 0.4) is 0 Å². The zero-order valence-electron chi connectivity index (χ0n) is 14.7. The van der Waals surface area contributed by atoms with Crippen LogP contribution in [0.5, 0.6) is 5.75 Å². The Morgan fingerprint density at radius 1 is 1.15 bits per heavy atom. The maximum Gasteiger partial charge on any atom is 0.414 e. The van der Waals surface area contributed by atoms with Crippen molar-refractivity contribution in [2.75, 3.05) is 30.5 Å². The fourth-order valence-electron chi connectivity index (χ4n) is 2.66. The van der Waals surface area contributed by atoms with E-state index in [1.54, 1.807) is 42.4 Å². The molecule has 2 aromatic rings. The van der Waals surface area contributed by atoms with Crippen LogP contribution in [0.4, 0.5) is 16.2 Å². The minimum atomic E-state index is -0.347. The van der Waals surface area contributed by atoms with Gasteiger partial charge in [0.15, 0.2) is 0 Å². The van der Waals surface area contributed by atoms with Crippen molar-refractivity contribution in [3.8, 4) is 5.75 Å². The summed E-state index contributed by atoms with van der Waals surface area (Å²) in [5, 5.41) is 2.82. The largest absolute Gasteiger partial charge is 0.497 e. The highest BCUT2D eigenvalue weighted by molar-refractivity contribution is 6.04. The standard InChI is InChI=1S/C20H20N2O4/c1-14(15-3-9-18(25-2)10-4-15)13-19(23)21-16-5-7-17(8-6-16)22-11-12-26-20(22)24/h3-10,13H,11-12H2,1-2H3,(H,21,23)/b14-13+. The lowest BCUT2D eigenvalue weighted by Crippen LogP contribution is -2.23. The summed E-state index contributed by atoms with van der Waals surface area (Å²) in [7, 11) is 1.61. The normalized spacial score (nSPS) is 14.2. The monoisotopic (exact) mass is 352 g/mol. The number of cyclic esters (lactones) is 1. The highest BCUT2D eigenvalue weighted by atomic mass is 16.6. The van der Waals surface area contributed by atoms with Crippen LogP contribution >= 0.6 is 0 Å². The molecule has 0 unspecified atom stereocenters. The molecule has 26 heavy (non-hydrogen) atoms. The van der Waals surface area contributed by atoms with Crippen LogP contribution in [0.2, 0.25) is 0 Å². The Morgan fingerprint density at radius 2 is 1.85 bits per heavy atom. The first-order chi connectivity index (χ1) is 12.6. The number of anilines is 2. The first kappa shape index (κ1) is 17.5. The molecule has 1 N–H and O–H groups in total. The summed E-state index contributed by atoms with van der Waals surface area (Å²) in [6.45, 7) is 2.81. The number of ether oxygens (including phenoxy) is 2. The predicted octanol–water partition coefficient (Wildman–Crippen LogP) is 3.69. The lowest BCUT2D eigenvalue weighted by molar-refractivity contribution is -0.111. The Morgan fingerprint density at radius 3 is 2.42 bits per heavy atom. The summed E-state index contributed by atoms with van der Waals surface area (Å²) in [5.41, 5.74) is 3.20. The van der Waals surface area contributed by atoms with Crippen molar-refractivity contribution in [1.82, 2.24) is 0 Å². The van der Waals surface area contributed by atoms with E-state index in [1.807, 2.05) is 31.2 Å². The Hall–Kier alpha value is -3.28. The minimum absolute atomic E-state index is 0.216. The molecule has 0 atom stereocenters. The second kappa shape index (κ2) is 7.74. The fourth-order valence-corrected chi connectivity index (χ4v) is 2.66. The molecule has 134 valence electrons. The van der Waals surface area contributed by atoms with E-state index in [0.717, 1.165) is 22.6 Å². The highest BCUT2D eigenvalue weighted by Crippen LogP contribution is 2.22. The van der Waals surface area contributed by atoms with Crippen LogP contribution < -0.4 is 15.0 Å². The van der Waals surface area contributed by atoms with Gasteiger partial charge in [-0.3, -0.25) is 9.69 Å². The molecule has 0 spiro atoms. The molecule has 0 aliphatic carbocycles. The fraction of sp³-hybridized carbons (Fsp3) is 0.200. The molecule has 1 heterocycles. The molecule has 0 aromatic heterocycles. The van der Waals surface area contributed by atoms with Gasteiger partial charge in [-0.15, -0.1) is 0 Å². The summed E-state index contributed by atoms with van der Waals surface area (Å²) < 4.78 is 10.0. The van der Waals surface area contributed by atoms with Gasteiger partial charge in [0.2, 0.25) is 5.91 Å². The minimum Gasteiger partial charge on any atom is -0.497 e. The van der Waals surface area contributed by atoms with E-state index in [9.17, 15) is 9.59 Å². The Balaban J connectivity index is 1.64. The molecular weight excluding hydrogens is 332 g/mol. The molecule has 1 fully saturated rings. The van der Waals surface area contributed by atoms with E-state index in [0.29, 0.717) is 18.8 Å². The number of allylic oxidation sites excluding steroid dienone is 1. The van der Waals surface area contributed by atoms with Gasteiger partial charge in [-0.1, -0.05) is 12.1 Å². The zero-order valence-corrected chi connectivity index (χ0v) is 14.7. The first-order valence-corrected chi connectivity index (χ1v) is 8.25. The summed E-state index contributed by atoms with van der Waals surface area (Å²) in [6, 6.07) is 14.6. The number of amides is 2. The van der Waals surface area contributed by atoms with Gasteiger partial charge in [-0.2, -0.15) is 0 Å². The van der Waals surface area contributed by atoms with Crippen molar-refractivity contribution in [3.63, 3.8) is 0 Å². The third-order valence-electron chi connectivity index (χ3n) is 4.10. The van der Waals surface area contributed by atoms with Crippen LogP contribution in [0.15, 0.2) is 54.6 Å². The molecule has 1 aliphatic heterocycles. The maximum absolute atomic E-state index is 12.2. The van der Waals surface area contributed by atoms with Gasteiger partial charge in [-0.25, -0.2) is 4.79 Å². The maximum atomic E-state index is 12.2. The smallest absolute Gasteiger partial charge is 0.414 e. The van der Waals surface area contributed by atoms with Crippen LogP contribution in [0.1, 0.15) is 12.5 Å². The third-order valence-corrected chi connectivity index (χ3v) is 4.10. The summed E-state index contributed by atoms with van der Waals surface area (Å²) in [4.78, 5) is 25.3. The van der Waals surface area contributed by atoms with Crippen LogP contribution in [0.25, 0.3) is 5.57 Å². The summed E-state index contributed by atoms with van der Waals surface area (Å²) in [5.74, 6) is 0.555. The zero-order chi connectivity index (χ0) is 18.5. The number of nitrogens with zero attached hydrogens (tertiary/aromatic N) is 1. The lowest BCUT2D eigenvalue weighted by atomic mass is 10.1. The quantitative estimate of drug-likeness (QED) is 0.833. The molecule has 2 aromatic carbocycles. The molecule has 2 amide bonds. The first-order valence-electron chi connectivity index (χ1n) is 8.25. The average molecular weight is 352 g/mol. The number of hydrogen-bond donors (Lipinski definition) is 1. The number of methoxy groups -OCH3 is 1. The molecule has 3 rings (SSSR count). The van der Waals surface area contributed by atoms with Gasteiger partial charge in [-0.05, 0) is 54.5 Å². The van der Waals surface area contributed by atoms with Gasteiger partial charge < -0.3 is 14.8 Å². The molecule has 1 saturated heterocycles. The van der Waals surface area contributed by atoms with Gasteiger partial charge in [0.25, 0.3) is 0 Å². The Bertz CT molecular complexity index is 826. The van der Waals surface area contributed by atoms with E-state index in [-0.39, 0.29) is 12.0 Å². The van der Waals surface area contributed by atoms with Crippen molar-refractivity contribution in [1.29, 1.82) is 0 Å². The third kappa shape index (κ3) is 4.03. The van der Waals surface area contributed by atoms with Gasteiger partial charge in [0, 0.05) is 17.5 Å². The topological polar surface area (TPSA) is 67.9 Å². The van der Waals surface area contributed by atoms with Gasteiger partial charge >= 0.3 is 6.09 Å². The van der Waals surface area contributed by atoms with Crippen molar-refractivity contribution in [2.45, 2.75) is 6.92 Å². The number of rotatable bonds is 5. The summed E-state index contributed by atoms with van der Waals surface area (Å²) in [6.07, 6.45) is 1.20. The predicted molar refractivity (Wildman–Crippen MR) is 100 cm³/mol. The second-order valence-corrected chi connectivity index (χ2v) is 5.86. The highest BCUT2D eigenvalue weighted by Gasteiger charge is 2.23. The lowest BCUT2D eigenvalue weighted by Gasteiger charge is -2.13. The van der Waals surface area contributed by atoms with Crippen molar-refractivity contribution in [3.05, 3.63) is 60.2 Å². The molecule has 6 nitrogen and oxygen atoms in total. The van der Waals surface area contributed by atoms with E-state index < -0.39 is 0 Å². The van der Waals surface area contributed by atoms with Crippen LogP contribution in [0, 0.1) is 0 Å². The summed E-state index contributed by atoms with van der Waals surface area (Å²) >= 11 is 0. The Labute approximate surface area is 152 Å². The Kier molecular flexibility index (Phi) is 5.22. The van der Waals surface area contributed by atoms with Crippen molar-refractivity contribution in [2.24, 2.45) is 0 Å². The molecule has 0 saturated carbocycles. The molecule has 0 bridgehead atoms. The number of benzene rings is 2. The number of nitrogens with one attached hydrogen (secondary N) is 1. The van der Waals surface area contributed by atoms with Crippen molar-refractivity contribution < 1.29 is 19.1 Å². The average Bonchev–Trinajstić information content (AvgIpc) is 3.08. The van der Waals surface area contributed by atoms with Crippen LogP contribution in [-0.2, 0) is 9.53 Å². The number of hydrogen-bond acceptors (Lipinski definition) is 4. The second-order valence-electron chi connectivity index (χ2n) is 5.86. The molecule has 0 radical (unpaired) electrons.